The van der Waals surface area contributed by atoms with E-state index in [1.165, 1.54) is 38.2 Å². The summed E-state index contributed by atoms with van der Waals surface area (Å²) in [5, 5.41) is 6.37. The summed E-state index contributed by atoms with van der Waals surface area (Å²) < 4.78 is 4.69. The number of benzene rings is 1. The molecule has 0 aliphatic heterocycles. The van der Waals surface area contributed by atoms with Gasteiger partial charge in [0, 0.05) is 12.1 Å². The van der Waals surface area contributed by atoms with Gasteiger partial charge in [-0.3, -0.25) is 4.79 Å². The first-order valence-corrected chi connectivity index (χ1v) is 9.15. The fourth-order valence-electron chi connectivity index (χ4n) is 3.09. The Morgan fingerprint density at radius 3 is 2.63 bits per heavy atom. The molecule has 7 nitrogen and oxygen atoms in total. The lowest BCUT2D eigenvalue weighted by Crippen LogP contribution is -2.19. The molecule has 27 heavy (non-hydrogen) atoms. The highest BCUT2D eigenvalue weighted by Crippen LogP contribution is 2.25. The predicted octanol–water partition coefficient (Wildman–Crippen LogP) is 3.83. The number of carbonyl (C=O) groups excluding carboxylic acids is 2. The molecule has 1 saturated carbocycles. The van der Waals surface area contributed by atoms with E-state index in [4.69, 9.17) is 16.3 Å². The minimum atomic E-state index is -0.511. The molecule has 1 fully saturated rings. The molecule has 2 N–H and O–H groups in total. The minimum Gasteiger partial charge on any atom is -0.465 e. The molecule has 3 rings (SSSR count). The SMILES string of the molecule is COC(=O)c1ccc(Cl)c(NC(=O)c2cc(NC3CCCC3)nc(C)n2)c1. The zero-order chi connectivity index (χ0) is 19.4. The highest BCUT2D eigenvalue weighted by atomic mass is 35.5. The third kappa shape index (κ3) is 4.74. The predicted molar refractivity (Wildman–Crippen MR) is 103 cm³/mol. The van der Waals surface area contributed by atoms with Crippen molar-refractivity contribution in [3.8, 4) is 0 Å². The van der Waals surface area contributed by atoms with Gasteiger partial charge >= 0.3 is 5.97 Å². The highest BCUT2D eigenvalue weighted by Gasteiger charge is 2.18. The maximum atomic E-state index is 12.7. The molecule has 0 bridgehead atoms. The van der Waals surface area contributed by atoms with E-state index >= 15 is 0 Å². The number of hydrogen-bond acceptors (Lipinski definition) is 6. The number of aryl methyl sites for hydroxylation is 1. The van der Waals surface area contributed by atoms with Crippen molar-refractivity contribution in [2.45, 2.75) is 38.6 Å². The second kappa shape index (κ2) is 8.35. The molecule has 142 valence electrons. The number of hydrogen-bond donors (Lipinski definition) is 2. The Morgan fingerprint density at radius 1 is 1.19 bits per heavy atom. The van der Waals surface area contributed by atoms with Gasteiger partial charge in [-0.2, -0.15) is 0 Å². The van der Waals surface area contributed by atoms with Gasteiger partial charge in [0.2, 0.25) is 0 Å². The number of methoxy groups -OCH3 is 1. The van der Waals surface area contributed by atoms with Crippen molar-refractivity contribution in [1.82, 2.24) is 9.97 Å². The largest absolute Gasteiger partial charge is 0.465 e. The van der Waals surface area contributed by atoms with Crippen LogP contribution < -0.4 is 10.6 Å². The quantitative estimate of drug-likeness (QED) is 0.756. The summed E-state index contributed by atoms with van der Waals surface area (Å²) in [5.41, 5.74) is 0.827. The van der Waals surface area contributed by atoms with Crippen LogP contribution in [0.2, 0.25) is 5.02 Å². The molecular formula is C19H21ClN4O3. The van der Waals surface area contributed by atoms with Gasteiger partial charge in [0.25, 0.3) is 5.91 Å². The van der Waals surface area contributed by atoms with E-state index in [-0.39, 0.29) is 5.69 Å². The third-order valence-corrected chi connectivity index (χ3v) is 4.74. The smallest absolute Gasteiger partial charge is 0.337 e. The summed E-state index contributed by atoms with van der Waals surface area (Å²) in [7, 11) is 1.29. The Kier molecular flexibility index (Phi) is 5.91. The molecule has 1 amide bonds. The highest BCUT2D eigenvalue weighted by molar-refractivity contribution is 6.34. The first-order chi connectivity index (χ1) is 13.0. The van der Waals surface area contributed by atoms with Crippen molar-refractivity contribution in [3.05, 3.63) is 46.4 Å². The van der Waals surface area contributed by atoms with Crippen LogP contribution in [0.5, 0.6) is 0 Å². The lowest BCUT2D eigenvalue weighted by Gasteiger charge is -2.14. The van der Waals surface area contributed by atoms with Gasteiger partial charge < -0.3 is 15.4 Å². The van der Waals surface area contributed by atoms with Crippen LogP contribution in [0, 0.1) is 6.92 Å². The molecule has 0 spiro atoms. The minimum absolute atomic E-state index is 0.225. The van der Waals surface area contributed by atoms with E-state index in [0.29, 0.717) is 34.0 Å². The molecule has 0 radical (unpaired) electrons. The second-order valence-corrected chi connectivity index (χ2v) is 6.86. The number of esters is 1. The average molecular weight is 389 g/mol. The van der Waals surface area contributed by atoms with E-state index in [1.54, 1.807) is 13.0 Å². The van der Waals surface area contributed by atoms with Crippen LogP contribution in [0.4, 0.5) is 11.5 Å². The van der Waals surface area contributed by atoms with Crippen LogP contribution in [0.15, 0.2) is 24.3 Å². The lowest BCUT2D eigenvalue weighted by atomic mass is 10.2. The molecule has 8 heteroatoms. The van der Waals surface area contributed by atoms with E-state index in [9.17, 15) is 9.59 Å². The van der Waals surface area contributed by atoms with Crippen molar-refractivity contribution < 1.29 is 14.3 Å². The molecule has 2 aromatic rings. The fraction of sp³-hybridized carbons (Fsp3) is 0.368. The summed E-state index contributed by atoms with van der Waals surface area (Å²) in [6, 6.07) is 6.53. The van der Waals surface area contributed by atoms with Gasteiger partial charge in [0.1, 0.15) is 17.3 Å². The molecule has 1 aliphatic rings. The number of anilines is 2. The van der Waals surface area contributed by atoms with Gasteiger partial charge in [-0.15, -0.1) is 0 Å². The van der Waals surface area contributed by atoms with Crippen LogP contribution in [0.1, 0.15) is 52.4 Å². The number of halogens is 1. The summed E-state index contributed by atoms with van der Waals surface area (Å²) in [6.07, 6.45) is 4.59. The number of nitrogens with one attached hydrogen (secondary N) is 2. The number of rotatable bonds is 5. The van der Waals surface area contributed by atoms with Crippen LogP contribution >= 0.6 is 11.6 Å². The van der Waals surface area contributed by atoms with E-state index in [2.05, 4.69) is 20.6 Å². The Labute approximate surface area is 162 Å². The second-order valence-electron chi connectivity index (χ2n) is 6.45. The van der Waals surface area contributed by atoms with Crippen molar-refractivity contribution >= 4 is 35.0 Å². The Bertz CT molecular complexity index is 866. The van der Waals surface area contributed by atoms with Gasteiger partial charge in [-0.25, -0.2) is 14.8 Å². The zero-order valence-electron chi connectivity index (χ0n) is 15.2. The molecule has 0 atom stereocenters. The number of nitrogens with zero attached hydrogens (tertiary/aromatic N) is 2. The molecule has 0 unspecified atom stereocenters. The Hall–Kier alpha value is -2.67. The summed E-state index contributed by atoms with van der Waals surface area (Å²) in [6.45, 7) is 1.74. The summed E-state index contributed by atoms with van der Waals surface area (Å²) in [5.74, 6) is 0.188. The van der Waals surface area contributed by atoms with Gasteiger partial charge in [0.15, 0.2) is 0 Å². The number of aromatic nitrogens is 2. The van der Waals surface area contributed by atoms with Crippen molar-refractivity contribution in [3.63, 3.8) is 0 Å². The van der Waals surface area contributed by atoms with Crippen LogP contribution in [0.25, 0.3) is 0 Å². The lowest BCUT2D eigenvalue weighted by molar-refractivity contribution is 0.0600. The van der Waals surface area contributed by atoms with Crippen LogP contribution in [0.3, 0.4) is 0 Å². The average Bonchev–Trinajstić information content (AvgIpc) is 3.15. The van der Waals surface area contributed by atoms with Crippen molar-refractivity contribution in [1.29, 1.82) is 0 Å². The van der Waals surface area contributed by atoms with Crippen molar-refractivity contribution in [2.24, 2.45) is 0 Å². The van der Waals surface area contributed by atoms with Gasteiger partial charge in [-0.1, -0.05) is 24.4 Å². The van der Waals surface area contributed by atoms with E-state index in [1.807, 2.05) is 0 Å². The standard InChI is InChI=1S/C19H21ClN4O3/c1-11-21-16(10-17(22-11)23-13-5-3-4-6-13)18(25)24-15-9-12(19(26)27-2)7-8-14(15)20/h7-10,13H,3-6H2,1-2H3,(H,24,25)(H,21,22,23). The number of carbonyl (C=O) groups is 2. The molecule has 1 aliphatic carbocycles. The maximum Gasteiger partial charge on any atom is 0.337 e. The van der Waals surface area contributed by atoms with E-state index < -0.39 is 11.9 Å². The molecular weight excluding hydrogens is 368 g/mol. The molecule has 1 aromatic heterocycles. The normalized spacial score (nSPS) is 14.0. The summed E-state index contributed by atoms with van der Waals surface area (Å²) >= 11 is 6.14. The molecule has 0 saturated heterocycles. The van der Waals surface area contributed by atoms with Crippen LogP contribution in [-0.4, -0.2) is 35.0 Å². The monoisotopic (exact) mass is 388 g/mol. The van der Waals surface area contributed by atoms with Crippen molar-refractivity contribution in [2.75, 3.05) is 17.7 Å². The molecule has 1 aromatic carbocycles. The first-order valence-electron chi connectivity index (χ1n) is 8.77. The van der Waals surface area contributed by atoms with Crippen LogP contribution in [-0.2, 0) is 4.74 Å². The third-order valence-electron chi connectivity index (χ3n) is 4.41. The maximum absolute atomic E-state index is 12.7. The Morgan fingerprint density at radius 2 is 1.93 bits per heavy atom. The number of ether oxygens (including phenoxy) is 1. The Balaban J connectivity index is 1.79. The van der Waals surface area contributed by atoms with Gasteiger partial charge in [-0.05, 0) is 38.0 Å². The number of amides is 1. The zero-order valence-corrected chi connectivity index (χ0v) is 16.0. The molecule has 1 heterocycles. The topological polar surface area (TPSA) is 93.2 Å². The van der Waals surface area contributed by atoms with Gasteiger partial charge in [0.05, 0.1) is 23.4 Å². The van der Waals surface area contributed by atoms with E-state index in [0.717, 1.165) is 12.8 Å². The first kappa shape index (κ1) is 19.1. The summed E-state index contributed by atoms with van der Waals surface area (Å²) in [4.78, 5) is 32.9. The fourth-order valence-corrected chi connectivity index (χ4v) is 3.25.